The van der Waals surface area contributed by atoms with E-state index < -0.39 is 11.9 Å². The third-order valence-electron chi connectivity index (χ3n) is 7.77. The highest BCUT2D eigenvalue weighted by Crippen LogP contribution is 2.38. The van der Waals surface area contributed by atoms with Crippen LogP contribution in [0.1, 0.15) is 58.9 Å². The summed E-state index contributed by atoms with van der Waals surface area (Å²) in [7, 11) is 3.20. The summed E-state index contributed by atoms with van der Waals surface area (Å²) in [6, 6.07) is 21.3. The molecule has 8 nitrogen and oxygen atoms in total. The topological polar surface area (TPSA) is 107 Å². The lowest BCUT2D eigenvalue weighted by molar-refractivity contribution is -0.123. The number of aryl methyl sites for hydroxylation is 1. The number of anilines is 2. The summed E-state index contributed by atoms with van der Waals surface area (Å²) in [6.45, 7) is 1.93. The molecule has 0 saturated heterocycles. The molecule has 1 aromatic heterocycles. The van der Waals surface area contributed by atoms with E-state index in [2.05, 4.69) is 9.69 Å². The number of carbonyl (C=O) groups excluding carboxylic acids is 2. The van der Waals surface area contributed by atoms with Crippen LogP contribution in [0.3, 0.4) is 0 Å². The van der Waals surface area contributed by atoms with Crippen molar-refractivity contribution in [2.45, 2.75) is 51.1 Å². The van der Waals surface area contributed by atoms with Crippen LogP contribution in [0.2, 0.25) is 0 Å². The maximum absolute atomic E-state index is 14.6. The van der Waals surface area contributed by atoms with Gasteiger partial charge in [-0.25, -0.2) is 0 Å². The molecular formula is C33H36N4O4S. The van der Waals surface area contributed by atoms with E-state index >= 15 is 0 Å². The molecule has 1 atom stereocenters. The van der Waals surface area contributed by atoms with Gasteiger partial charge in [0.15, 0.2) is 0 Å². The highest BCUT2D eigenvalue weighted by atomic mass is 32.1. The van der Waals surface area contributed by atoms with Crippen LogP contribution in [0.25, 0.3) is 11.3 Å². The summed E-state index contributed by atoms with van der Waals surface area (Å²) >= 11 is 1.03. The average molecular weight is 585 g/mol. The van der Waals surface area contributed by atoms with Gasteiger partial charge in [-0.2, -0.15) is 4.37 Å². The number of hydrogen-bond acceptors (Lipinski definition) is 7. The Morgan fingerprint density at radius 3 is 2.17 bits per heavy atom. The van der Waals surface area contributed by atoms with Crippen molar-refractivity contribution in [3.8, 4) is 22.8 Å². The number of nitrogens with two attached hydrogens (primary N) is 1. The maximum Gasteiger partial charge on any atom is 0.273 e. The minimum Gasteiger partial charge on any atom is -0.497 e. The molecule has 0 spiro atoms. The summed E-state index contributed by atoms with van der Waals surface area (Å²) in [5.41, 5.74) is 10.3. The third-order valence-corrected chi connectivity index (χ3v) is 8.62. The fourth-order valence-electron chi connectivity index (χ4n) is 5.45. The van der Waals surface area contributed by atoms with Gasteiger partial charge in [0.1, 0.15) is 28.1 Å². The lowest BCUT2D eigenvalue weighted by Gasteiger charge is -2.34. The normalized spacial score (nSPS) is 14.2. The van der Waals surface area contributed by atoms with Crippen molar-refractivity contribution in [3.05, 3.63) is 88.8 Å². The van der Waals surface area contributed by atoms with E-state index in [1.807, 2.05) is 67.6 Å². The van der Waals surface area contributed by atoms with Gasteiger partial charge in [-0.3, -0.25) is 14.5 Å². The first kappa shape index (κ1) is 29.1. The van der Waals surface area contributed by atoms with E-state index in [4.69, 9.17) is 15.2 Å². The van der Waals surface area contributed by atoms with E-state index in [0.29, 0.717) is 28.4 Å². The van der Waals surface area contributed by atoms with Crippen molar-refractivity contribution in [1.29, 1.82) is 0 Å². The molecule has 4 aromatic rings. The van der Waals surface area contributed by atoms with Crippen LogP contribution in [0.15, 0.2) is 72.8 Å². The van der Waals surface area contributed by atoms with Crippen LogP contribution in [0.5, 0.6) is 11.5 Å². The molecular weight excluding hydrogens is 548 g/mol. The molecule has 0 unspecified atom stereocenters. The largest absolute Gasteiger partial charge is 0.497 e. The highest BCUT2D eigenvalue weighted by molar-refractivity contribution is 7.09. The number of aromatic nitrogens is 1. The van der Waals surface area contributed by atoms with E-state index in [1.54, 1.807) is 31.3 Å². The number of hydrogen-bond donors (Lipinski definition) is 2. The zero-order chi connectivity index (χ0) is 29.6. The molecule has 1 aliphatic carbocycles. The lowest BCUT2D eigenvalue weighted by Crippen LogP contribution is -2.47. The van der Waals surface area contributed by atoms with Gasteiger partial charge in [-0.05, 0) is 84.9 Å². The second-order valence-corrected chi connectivity index (χ2v) is 11.3. The van der Waals surface area contributed by atoms with Gasteiger partial charge in [-0.1, -0.05) is 49.6 Å². The molecule has 1 fully saturated rings. The molecule has 0 radical (unpaired) electrons. The van der Waals surface area contributed by atoms with Crippen molar-refractivity contribution in [2.24, 2.45) is 0 Å². The number of benzene rings is 3. The molecule has 3 aromatic carbocycles. The molecule has 1 saturated carbocycles. The van der Waals surface area contributed by atoms with Crippen molar-refractivity contribution < 1.29 is 19.1 Å². The van der Waals surface area contributed by atoms with Crippen molar-refractivity contribution in [3.63, 3.8) is 0 Å². The number of methoxy groups -OCH3 is 2. The molecule has 218 valence electrons. The Hall–Kier alpha value is -4.37. The number of nitrogens with one attached hydrogen (secondary N) is 1. The smallest absolute Gasteiger partial charge is 0.273 e. The van der Waals surface area contributed by atoms with E-state index in [-0.39, 0.29) is 22.5 Å². The molecule has 0 bridgehead atoms. The summed E-state index contributed by atoms with van der Waals surface area (Å²) in [5, 5.41) is 3.26. The SMILES string of the molecule is COc1ccc(-c2nsc(C(=O)N(c3ccccc3C)[C@H](C(=O)NC3CCCCC3)c3ccc(OC)cc3)c2N)cc1. The lowest BCUT2D eigenvalue weighted by atomic mass is 9.94. The molecule has 42 heavy (non-hydrogen) atoms. The standard InChI is InChI=1S/C33H36N4O4S/c1-21-9-7-8-12-27(21)37(33(39)31-28(34)29(36-42-31)22-13-17-25(40-2)18-14-22)30(23-15-19-26(41-3)20-16-23)32(38)35-24-10-5-4-6-11-24/h7-9,12-20,24,30H,4-6,10-11,34H2,1-3H3,(H,35,38)/t30-/m0/s1. The van der Waals surface area contributed by atoms with Gasteiger partial charge in [0.25, 0.3) is 5.91 Å². The van der Waals surface area contributed by atoms with Crippen LogP contribution in [0.4, 0.5) is 11.4 Å². The minimum absolute atomic E-state index is 0.0657. The van der Waals surface area contributed by atoms with Gasteiger partial charge in [0.2, 0.25) is 5.91 Å². The van der Waals surface area contributed by atoms with Crippen LogP contribution < -0.4 is 25.4 Å². The second-order valence-electron chi connectivity index (χ2n) is 10.5. The van der Waals surface area contributed by atoms with Gasteiger partial charge < -0.3 is 20.5 Å². The molecule has 1 aliphatic rings. The average Bonchev–Trinajstić information content (AvgIpc) is 3.41. The van der Waals surface area contributed by atoms with Crippen molar-refractivity contribution in [2.75, 3.05) is 24.9 Å². The Balaban J connectivity index is 1.60. The summed E-state index contributed by atoms with van der Waals surface area (Å²) in [4.78, 5) is 30.6. The first-order valence-electron chi connectivity index (χ1n) is 14.1. The number of nitrogen functional groups attached to an aromatic ring is 1. The van der Waals surface area contributed by atoms with E-state index in [0.717, 1.165) is 48.3 Å². The minimum atomic E-state index is -0.947. The number of para-hydroxylation sites is 1. The highest BCUT2D eigenvalue weighted by Gasteiger charge is 2.37. The fourth-order valence-corrected chi connectivity index (χ4v) is 6.21. The van der Waals surface area contributed by atoms with E-state index in [9.17, 15) is 9.59 Å². The quantitative estimate of drug-likeness (QED) is 0.231. The Kier molecular flexibility index (Phi) is 9.07. The fraction of sp³-hybridized carbons (Fsp3) is 0.303. The Bertz CT molecular complexity index is 1530. The summed E-state index contributed by atoms with van der Waals surface area (Å²) < 4.78 is 15.2. The van der Waals surface area contributed by atoms with Gasteiger partial charge in [0, 0.05) is 17.3 Å². The van der Waals surface area contributed by atoms with Gasteiger partial charge in [-0.15, -0.1) is 0 Å². The number of carbonyl (C=O) groups is 2. The van der Waals surface area contributed by atoms with Crippen LogP contribution in [-0.4, -0.2) is 36.4 Å². The van der Waals surface area contributed by atoms with Crippen LogP contribution in [-0.2, 0) is 4.79 Å². The first-order valence-corrected chi connectivity index (χ1v) is 14.9. The van der Waals surface area contributed by atoms with Gasteiger partial charge in [0.05, 0.1) is 19.9 Å². The molecule has 0 aliphatic heterocycles. The Labute approximate surface area is 250 Å². The predicted octanol–water partition coefficient (Wildman–Crippen LogP) is 6.55. The maximum atomic E-state index is 14.6. The number of rotatable bonds is 9. The second kappa shape index (κ2) is 13.1. The molecule has 3 N–H and O–H groups in total. The summed E-state index contributed by atoms with van der Waals surface area (Å²) in [6.07, 6.45) is 5.16. The Morgan fingerprint density at radius 1 is 0.929 bits per heavy atom. The molecule has 5 rings (SSSR count). The molecule has 2 amide bonds. The number of amides is 2. The first-order chi connectivity index (χ1) is 20.4. The van der Waals surface area contributed by atoms with Crippen molar-refractivity contribution in [1.82, 2.24) is 9.69 Å². The van der Waals surface area contributed by atoms with Crippen LogP contribution in [0, 0.1) is 6.92 Å². The van der Waals surface area contributed by atoms with Gasteiger partial charge >= 0.3 is 0 Å². The van der Waals surface area contributed by atoms with Crippen LogP contribution >= 0.6 is 11.5 Å². The Morgan fingerprint density at radius 2 is 1.55 bits per heavy atom. The predicted molar refractivity (Wildman–Crippen MR) is 167 cm³/mol. The zero-order valence-corrected chi connectivity index (χ0v) is 24.9. The zero-order valence-electron chi connectivity index (χ0n) is 24.1. The number of ether oxygens (including phenoxy) is 2. The number of nitrogens with zero attached hydrogens (tertiary/aromatic N) is 2. The monoisotopic (exact) mass is 584 g/mol. The summed E-state index contributed by atoms with van der Waals surface area (Å²) in [5.74, 6) is 0.747. The molecule has 1 heterocycles. The van der Waals surface area contributed by atoms with Crippen molar-refractivity contribution >= 4 is 34.7 Å². The van der Waals surface area contributed by atoms with E-state index in [1.165, 1.54) is 6.42 Å². The molecule has 9 heteroatoms. The third kappa shape index (κ3) is 6.11.